The van der Waals surface area contributed by atoms with Crippen molar-refractivity contribution in [1.29, 1.82) is 0 Å². The molecule has 2 fully saturated rings. The van der Waals surface area contributed by atoms with Gasteiger partial charge in [-0.05, 0) is 98.6 Å². The van der Waals surface area contributed by atoms with Crippen LogP contribution in [0.3, 0.4) is 0 Å². The van der Waals surface area contributed by atoms with Crippen molar-refractivity contribution >= 4 is 11.9 Å². The minimum atomic E-state index is -1.12. The van der Waals surface area contributed by atoms with Gasteiger partial charge in [-0.15, -0.1) is 0 Å². The van der Waals surface area contributed by atoms with Gasteiger partial charge in [-0.3, -0.25) is 19.5 Å². The lowest BCUT2D eigenvalue weighted by Gasteiger charge is -2.52. The molecule has 0 radical (unpaired) electrons. The molecule has 0 bridgehead atoms. The van der Waals surface area contributed by atoms with Crippen molar-refractivity contribution in [1.82, 2.24) is 9.88 Å². The zero-order valence-corrected chi connectivity index (χ0v) is 22.5. The first-order valence-electron chi connectivity index (χ1n) is 13.7. The molecule has 8 heteroatoms. The Labute approximate surface area is 228 Å². The highest BCUT2D eigenvalue weighted by molar-refractivity contribution is 5.72. The lowest BCUT2D eigenvalue weighted by molar-refractivity contribution is -0.142. The van der Waals surface area contributed by atoms with E-state index in [1.807, 2.05) is 19.1 Å². The van der Waals surface area contributed by atoms with Gasteiger partial charge in [0.05, 0.1) is 18.8 Å². The van der Waals surface area contributed by atoms with E-state index < -0.39 is 30.6 Å². The summed E-state index contributed by atoms with van der Waals surface area (Å²) in [5.74, 6) is 5.86. The van der Waals surface area contributed by atoms with Crippen LogP contribution in [0.1, 0.15) is 73.0 Å². The van der Waals surface area contributed by atoms with E-state index >= 15 is 0 Å². The van der Waals surface area contributed by atoms with Gasteiger partial charge in [-0.25, -0.2) is 0 Å². The molecule has 3 aliphatic rings. The van der Waals surface area contributed by atoms with Crippen LogP contribution in [0.5, 0.6) is 5.75 Å². The maximum atomic E-state index is 12.0. The Morgan fingerprint density at radius 1 is 1.08 bits per heavy atom. The number of phenolic OH excluding ortho intramolecular Hbond substituents is 1. The van der Waals surface area contributed by atoms with E-state index in [-0.39, 0.29) is 12.0 Å². The molecular weight excluding hydrogens is 496 g/mol. The number of phenols is 1. The van der Waals surface area contributed by atoms with E-state index in [1.54, 1.807) is 12.1 Å². The van der Waals surface area contributed by atoms with Gasteiger partial charge in [0.1, 0.15) is 11.4 Å². The molecule has 39 heavy (non-hydrogen) atoms. The van der Waals surface area contributed by atoms with Crippen molar-refractivity contribution < 1.29 is 30.0 Å². The minimum absolute atomic E-state index is 0.0708. The minimum Gasteiger partial charge on any atom is -0.508 e. The first-order chi connectivity index (χ1) is 18.5. The van der Waals surface area contributed by atoms with E-state index in [4.69, 9.17) is 10.2 Å². The number of aryl methyl sites for hydroxylation is 2. The Morgan fingerprint density at radius 2 is 1.82 bits per heavy atom. The maximum Gasteiger partial charge on any atom is 0.317 e. The number of carboxylic acid groups (broad SMARTS) is 2. The van der Waals surface area contributed by atoms with Crippen molar-refractivity contribution in [3.8, 4) is 17.6 Å². The summed E-state index contributed by atoms with van der Waals surface area (Å²) in [6.07, 6.45) is 5.42. The molecule has 0 aliphatic heterocycles. The molecule has 2 saturated carbocycles. The number of aliphatic hydroxyl groups is 1. The summed E-state index contributed by atoms with van der Waals surface area (Å²) in [5, 5.41) is 40.2. The summed E-state index contributed by atoms with van der Waals surface area (Å²) in [6.45, 7) is 3.27. The fourth-order valence-electron chi connectivity index (χ4n) is 7.64. The molecule has 5 atom stereocenters. The van der Waals surface area contributed by atoms with Gasteiger partial charge in [-0.2, -0.15) is 0 Å². The molecule has 3 unspecified atom stereocenters. The summed E-state index contributed by atoms with van der Waals surface area (Å²) in [7, 11) is 0. The normalized spacial score (nSPS) is 29.1. The standard InChI is InChI=1S/C31H36N2O6/c1-19-13-20(14-22(32-19)16-33(17-28(35)36)18-29(37)38)7-11-31(39)12-9-27-26-5-3-21-15-23(34)4-6-24(21)25(26)8-10-30(27,31)2/h4,6,13-15,25-27,34,39H,3,5,8-10,12,16-18H2,1-2H3,(H,35,36)(H,37,38)/t25?,26?,27?,30-,31-/m0/s1. The van der Waals surface area contributed by atoms with Gasteiger partial charge in [0.15, 0.2) is 0 Å². The van der Waals surface area contributed by atoms with Crippen molar-refractivity contribution in [3.63, 3.8) is 0 Å². The Balaban J connectivity index is 1.37. The third kappa shape index (κ3) is 5.26. The zero-order valence-electron chi connectivity index (χ0n) is 22.5. The van der Waals surface area contributed by atoms with Gasteiger partial charge >= 0.3 is 11.9 Å². The van der Waals surface area contributed by atoms with Crippen LogP contribution in [0.25, 0.3) is 0 Å². The fraction of sp³-hybridized carbons (Fsp3) is 0.516. The third-order valence-corrected chi connectivity index (χ3v) is 9.39. The molecule has 1 aromatic carbocycles. The van der Waals surface area contributed by atoms with Crippen LogP contribution in [0.15, 0.2) is 30.3 Å². The second-order valence-corrected chi connectivity index (χ2v) is 11.8. The zero-order chi connectivity index (χ0) is 27.9. The molecular formula is C31H36N2O6. The van der Waals surface area contributed by atoms with Crippen LogP contribution in [0.4, 0.5) is 0 Å². The molecule has 5 rings (SSSR count). The van der Waals surface area contributed by atoms with Crippen LogP contribution in [0.2, 0.25) is 0 Å². The van der Waals surface area contributed by atoms with Gasteiger partial charge in [0.25, 0.3) is 0 Å². The second kappa shape index (κ2) is 10.3. The average Bonchev–Trinajstić information content (AvgIpc) is 3.12. The number of carbonyl (C=O) groups is 2. The molecule has 0 saturated heterocycles. The number of hydrogen-bond donors (Lipinski definition) is 4. The quantitative estimate of drug-likeness (QED) is 0.414. The number of pyridine rings is 1. The summed E-state index contributed by atoms with van der Waals surface area (Å²) < 4.78 is 0. The van der Waals surface area contributed by atoms with Crippen molar-refractivity contribution in [3.05, 3.63) is 58.4 Å². The predicted octanol–water partition coefficient (Wildman–Crippen LogP) is 3.71. The number of aromatic hydroxyl groups is 1. The summed E-state index contributed by atoms with van der Waals surface area (Å²) in [5.41, 5.74) is 3.07. The number of carboxylic acids is 2. The monoisotopic (exact) mass is 532 g/mol. The van der Waals surface area contributed by atoms with Crippen LogP contribution >= 0.6 is 0 Å². The van der Waals surface area contributed by atoms with Gasteiger partial charge in [-0.1, -0.05) is 24.8 Å². The highest BCUT2D eigenvalue weighted by Crippen LogP contribution is 2.64. The van der Waals surface area contributed by atoms with Crippen LogP contribution in [0, 0.1) is 36.0 Å². The Kier molecular flexibility index (Phi) is 7.17. The summed E-state index contributed by atoms with van der Waals surface area (Å²) in [6, 6.07) is 9.36. The van der Waals surface area contributed by atoms with E-state index in [9.17, 15) is 19.8 Å². The van der Waals surface area contributed by atoms with Gasteiger partial charge < -0.3 is 20.4 Å². The molecule has 3 aliphatic carbocycles. The molecule has 1 heterocycles. The van der Waals surface area contributed by atoms with Crippen LogP contribution in [-0.2, 0) is 22.6 Å². The number of aliphatic carboxylic acids is 2. The number of aromatic nitrogens is 1. The second-order valence-electron chi connectivity index (χ2n) is 11.8. The van der Waals surface area contributed by atoms with E-state index in [0.717, 1.165) is 32.1 Å². The van der Waals surface area contributed by atoms with E-state index in [0.29, 0.717) is 46.9 Å². The first-order valence-corrected chi connectivity index (χ1v) is 13.7. The molecule has 4 N–H and O–H groups in total. The number of fused-ring (bicyclic) bond motifs is 5. The van der Waals surface area contributed by atoms with Crippen molar-refractivity contribution in [2.75, 3.05) is 13.1 Å². The maximum absolute atomic E-state index is 12.0. The number of rotatable bonds is 6. The molecule has 8 nitrogen and oxygen atoms in total. The summed E-state index contributed by atoms with van der Waals surface area (Å²) >= 11 is 0. The summed E-state index contributed by atoms with van der Waals surface area (Å²) in [4.78, 5) is 28.2. The topological polar surface area (TPSA) is 131 Å². The van der Waals surface area contributed by atoms with Gasteiger partial charge in [0, 0.05) is 23.2 Å². The van der Waals surface area contributed by atoms with E-state index in [1.165, 1.54) is 16.0 Å². The average molecular weight is 533 g/mol. The number of hydrogen-bond acceptors (Lipinski definition) is 6. The number of nitrogens with zero attached hydrogens (tertiary/aromatic N) is 2. The smallest absolute Gasteiger partial charge is 0.317 e. The lowest BCUT2D eigenvalue weighted by atomic mass is 9.53. The highest BCUT2D eigenvalue weighted by atomic mass is 16.4. The SMILES string of the molecule is Cc1cc(C#C[C@]2(O)CCC3C4CCc5cc(O)ccc5C4CC[C@@]32C)cc(CN(CC(=O)O)CC(=O)O)n1. The first kappa shape index (κ1) is 27.2. The van der Waals surface area contributed by atoms with Crippen molar-refractivity contribution in [2.45, 2.75) is 70.4 Å². The fourth-order valence-corrected chi connectivity index (χ4v) is 7.64. The lowest BCUT2D eigenvalue weighted by Crippen LogP contribution is -2.50. The van der Waals surface area contributed by atoms with Crippen LogP contribution < -0.4 is 0 Å². The van der Waals surface area contributed by atoms with Gasteiger partial charge in [0.2, 0.25) is 0 Å². The molecule has 0 amide bonds. The molecule has 206 valence electrons. The third-order valence-electron chi connectivity index (χ3n) is 9.39. The van der Waals surface area contributed by atoms with Crippen molar-refractivity contribution in [2.24, 2.45) is 17.3 Å². The highest BCUT2D eigenvalue weighted by Gasteiger charge is 2.61. The largest absolute Gasteiger partial charge is 0.508 e. The molecule has 2 aromatic rings. The Hall–Kier alpha value is -3.41. The predicted molar refractivity (Wildman–Crippen MR) is 144 cm³/mol. The molecule has 1 aromatic heterocycles. The van der Waals surface area contributed by atoms with E-state index in [2.05, 4.69) is 29.8 Å². The Bertz CT molecular complexity index is 1350. The number of benzene rings is 1. The Morgan fingerprint density at radius 3 is 2.54 bits per heavy atom. The molecule has 0 spiro atoms. The van der Waals surface area contributed by atoms with Crippen LogP contribution in [-0.4, -0.2) is 60.9 Å².